The Morgan fingerprint density at radius 2 is 2.09 bits per heavy atom. The molecule has 0 aliphatic rings. The third-order valence-electron chi connectivity index (χ3n) is 1.65. The average Bonchev–Trinajstić information content (AvgIpc) is 1.97. The highest BCUT2D eigenvalue weighted by atomic mass is 14.0. The number of allylic oxidation sites excluding steroid dienone is 3. The average molecular weight is 152 g/mol. The van der Waals surface area contributed by atoms with E-state index in [0.29, 0.717) is 0 Å². The minimum Gasteiger partial charge on any atom is -0.0988 e. The van der Waals surface area contributed by atoms with Gasteiger partial charge >= 0.3 is 0 Å². The Balaban J connectivity index is 3.80. The van der Waals surface area contributed by atoms with E-state index < -0.39 is 0 Å². The van der Waals surface area contributed by atoms with Crippen LogP contribution in [-0.4, -0.2) is 0 Å². The molecule has 0 atom stereocenters. The summed E-state index contributed by atoms with van der Waals surface area (Å²) in [6, 6.07) is 0. The van der Waals surface area contributed by atoms with Gasteiger partial charge in [-0.25, -0.2) is 0 Å². The maximum absolute atomic E-state index is 3.79. The molecule has 0 spiro atoms. The van der Waals surface area contributed by atoms with Crippen LogP contribution >= 0.6 is 0 Å². The van der Waals surface area contributed by atoms with Gasteiger partial charge in [-0.15, -0.1) is 0 Å². The van der Waals surface area contributed by atoms with Crippen molar-refractivity contribution in [2.24, 2.45) is 5.92 Å². The monoisotopic (exact) mass is 152 g/mol. The van der Waals surface area contributed by atoms with Gasteiger partial charge in [0, 0.05) is 0 Å². The van der Waals surface area contributed by atoms with Crippen molar-refractivity contribution >= 4 is 0 Å². The van der Waals surface area contributed by atoms with Crippen molar-refractivity contribution in [3.63, 3.8) is 0 Å². The van der Waals surface area contributed by atoms with Gasteiger partial charge in [-0.2, -0.15) is 0 Å². The van der Waals surface area contributed by atoms with Crippen LogP contribution in [-0.2, 0) is 0 Å². The van der Waals surface area contributed by atoms with E-state index in [1.807, 2.05) is 6.08 Å². The van der Waals surface area contributed by atoms with Crippen molar-refractivity contribution < 1.29 is 0 Å². The smallest absolute Gasteiger partial charge is 0.0285 e. The molecule has 0 aliphatic carbocycles. The first-order valence-electron chi connectivity index (χ1n) is 4.52. The Kier molecular flexibility index (Phi) is 5.91. The van der Waals surface area contributed by atoms with Crippen molar-refractivity contribution in [1.82, 2.24) is 0 Å². The van der Waals surface area contributed by atoms with Gasteiger partial charge in [-0.3, -0.25) is 0 Å². The lowest BCUT2D eigenvalue weighted by Crippen LogP contribution is -1.84. The van der Waals surface area contributed by atoms with E-state index in [9.17, 15) is 0 Å². The van der Waals surface area contributed by atoms with Gasteiger partial charge in [-0.1, -0.05) is 51.5 Å². The molecule has 0 amide bonds. The summed E-state index contributed by atoms with van der Waals surface area (Å²) < 4.78 is 0. The topological polar surface area (TPSA) is 0 Å². The second kappa shape index (κ2) is 6.21. The van der Waals surface area contributed by atoms with Crippen molar-refractivity contribution in [2.45, 2.75) is 40.0 Å². The lowest BCUT2D eigenvalue weighted by molar-refractivity contribution is 0.660. The van der Waals surface area contributed by atoms with E-state index in [1.165, 1.54) is 24.8 Å². The van der Waals surface area contributed by atoms with Crippen LogP contribution < -0.4 is 0 Å². The molecule has 64 valence electrons. The largest absolute Gasteiger partial charge is 0.0988 e. The molecule has 0 saturated carbocycles. The minimum absolute atomic E-state index is 0.766. The first-order valence-corrected chi connectivity index (χ1v) is 4.52. The molecular formula is C11H20. The van der Waals surface area contributed by atoms with E-state index in [2.05, 4.69) is 33.4 Å². The molecule has 0 heteroatoms. The summed E-state index contributed by atoms with van der Waals surface area (Å²) in [5, 5.41) is 0. The fourth-order valence-electron chi connectivity index (χ4n) is 0.963. The molecule has 0 unspecified atom stereocenters. The molecule has 0 bridgehead atoms. The normalized spacial score (nSPS) is 12.2. The second-order valence-electron chi connectivity index (χ2n) is 3.36. The van der Waals surface area contributed by atoms with E-state index in [4.69, 9.17) is 0 Å². The zero-order valence-electron chi connectivity index (χ0n) is 8.06. The fraction of sp³-hybridized carbons (Fsp3) is 0.636. The standard InChI is InChI=1S/C11H20/c1-5-7-11(6-2)9-8-10(3)4/h6,9-10H,2,5,7-8H2,1,3-4H3. The minimum atomic E-state index is 0.766. The van der Waals surface area contributed by atoms with Crippen LogP contribution in [0.5, 0.6) is 0 Å². The predicted octanol–water partition coefficient (Wildman–Crippen LogP) is 3.95. The van der Waals surface area contributed by atoms with Gasteiger partial charge in [0.05, 0.1) is 0 Å². The highest BCUT2D eigenvalue weighted by molar-refractivity contribution is 5.15. The maximum Gasteiger partial charge on any atom is -0.0285 e. The zero-order chi connectivity index (χ0) is 8.69. The quantitative estimate of drug-likeness (QED) is 0.523. The summed E-state index contributed by atoms with van der Waals surface area (Å²) in [5.74, 6) is 0.766. The lowest BCUT2D eigenvalue weighted by Gasteiger charge is -2.01. The van der Waals surface area contributed by atoms with Crippen LogP contribution in [0.4, 0.5) is 0 Å². The molecular weight excluding hydrogens is 132 g/mol. The van der Waals surface area contributed by atoms with E-state index in [0.717, 1.165) is 5.92 Å². The molecule has 0 aliphatic heterocycles. The summed E-state index contributed by atoms with van der Waals surface area (Å²) in [5.41, 5.74) is 1.40. The van der Waals surface area contributed by atoms with Gasteiger partial charge in [0.25, 0.3) is 0 Å². The van der Waals surface area contributed by atoms with Crippen molar-refractivity contribution in [2.75, 3.05) is 0 Å². The van der Waals surface area contributed by atoms with Crippen molar-refractivity contribution in [1.29, 1.82) is 0 Å². The molecule has 0 nitrogen and oxygen atoms in total. The first kappa shape index (κ1) is 10.5. The van der Waals surface area contributed by atoms with Gasteiger partial charge in [0.15, 0.2) is 0 Å². The van der Waals surface area contributed by atoms with Crippen molar-refractivity contribution in [3.05, 3.63) is 24.3 Å². The fourth-order valence-corrected chi connectivity index (χ4v) is 0.963. The third-order valence-corrected chi connectivity index (χ3v) is 1.65. The number of hydrogen-bond donors (Lipinski definition) is 0. The zero-order valence-corrected chi connectivity index (χ0v) is 8.06. The molecule has 0 radical (unpaired) electrons. The molecule has 0 fully saturated rings. The van der Waals surface area contributed by atoms with Crippen LogP contribution in [0.1, 0.15) is 40.0 Å². The Hall–Kier alpha value is -0.520. The molecule has 0 saturated heterocycles. The number of rotatable bonds is 5. The van der Waals surface area contributed by atoms with Gasteiger partial charge in [0.2, 0.25) is 0 Å². The Labute approximate surface area is 71.0 Å². The van der Waals surface area contributed by atoms with E-state index in [1.54, 1.807) is 0 Å². The van der Waals surface area contributed by atoms with Crippen LogP contribution in [0.2, 0.25) is 0 Å². The summed E-state index contributed by atoms with van der Waals surface area (Å²) in [6.45, 7) is 10.5. The van der Waals surface area contributed by atoms with Crippen molar-refractivity contribution in [3.8, 4) is 0 Å². The summed E-state index contributed by atoms with van der Waals surface area (Å²) in [7, 11) is 0. The first-order chi connectivity index (χ1) is 5.20. The molecule has 0 heterocycles. The van der Waals surface area contributed by atoms with Crippen LogP contribution in [0, 0.1) is 5.92 Å². The highest BCUT2D eigenvalue weighted by Crippen LogP contribution is 2.10. The molecule has 11 heavy (non-hydrogen) atoms. The predicted molar refractivity (Wildman–Crippen MR) is 52.6 cm³/mol. The highest BCUT2D eigenvalue weighted by Gasteiger charge is 1.92. The lowest BCUT2D eigenvalue weighted by atomic mass is 10.1. The molecule has 0 aromatic heterocycles. The Bertz CT molecular complexity index is 129. The van der Waals surface area contributed by atoms with Crippen LogP contribution in [0.3, 0.4) is 0 Å². The van der Waals surface area contributed by atoms with Crippen LogP contribution in [0.15, 0.2) is 24.3 Å². The Morgan fingerprint density at radius 3 is 2.45 bits per heavy atom. The van der Waals surface area contributed by atoms with Crippen LogP contribution in [0.25, 0.3) is 0 Å². The summed E-state index contributed by atoms with van der Waals surface area (Å²) in [6.07, 6.45) is 7.86. The van der Waals surface area contributed by atoms with Gasteiger partial charge in [-0.05, 0) is 18.8 Å². The molecule has 0 aromatic carbocycles. The SMILES string of the molecule is C=CC(=CCC(C)C)CCC. The van der Waals surface area contributed by atoms with Gasteiger partial charge in [0.1, 0.15) is 0 Å². The molecule has 0 aromatic rings. The summed E-state index contributed by atoms with van der Waals surface area (Å²) >= 11 is 0. The Morgan fingerprint density at radius 1 is 1.45 bits per heavy atom. The van der Waals surface area contributed by atoms with E-state index >= 15 is 0 Å². The summed E-state index contributed by atoms with van der Waals surface area (Å²) in [4.78, 5) is 0. The second-order valence-corrected chi connectivity index (χ2v) is 3.36. The number of hydrogen-bond acceptors (Lipinski definition) is 0. The third kappa shape index (κ3) is 5.90. The van der Waals surface area contributed by atoms with E-state index in [-0.39, 0.29) is 0 Å². The molecule has 0 N–H and O–H groups in total. The molecule has 0 rings (SSSR count). The van der Waals surface area contributed by atoms with Gasteiger partial charge < -0.3 is 0 Å². The maximum atomic E-state index is 3.79.